The molecule has 0 atom stereocenters. The summed E-state index contributed by atoms with van der Waals surface area (Å²) >= 11 is 1.18. The molecule has 0 aliphatic carbocycles. The van der Waals surface area contributed by atoms with Gasteiger partial charge in [-0.05, 0) is 60.9 Å². The molecule has 0 saturated heterocycles. The van der Waals surface area contributed by atoms with Crippen molar-refractivity contribution in [1.29, 1.82) is 0 Å². The van der Waals surface area contributed by atoms with Gasteiger partial charge in [-0.2, -0.15) is 5.10 Å². The van der Waals surface area contributed by atoms with Crippen molar-refractivity contribution in [2.75, 3.05) is 12.4 Å². The van der Waals surface area contributed by atoms with Crippen molar-refractivity contribution in [3.63, 3.8) is 0 Å². The van der Waals surface area contributed by atoms with E-state index in [1.165, 1.54) is 21.9 Å². The molecule has 1 aromatic heterocycles. The Morgan fingerprint density at radius 1 is 1.06 bits per heavy atom. The predicted octanol–water partition coefficient (Wildman–Crippen LogP) is 4.59. The van der Waals surface area contributed by atoms with Gasteiger partial charge in [-0.1, -0.05) is 55.1 Å². The number of rotatable bonds is 9. The first-order valence-corrected chi connectivity index (χ1v) is 12.4. The van der Waals surface area contributed by atoms with Crippen LogP contribution in [0.5, 0.6) is 5.75 Å². The van der Waals surface area contributed by atoms with Gasteiger partial charge in [0.25, 0.3) is 11.5 Å². The molecule has 1 N–H and O–H groups in total. The molecule has 0 radical (unpaired) electrons. The van der Waals surface area contributed by atoms with Crippen molar-refractivity contribution in [2.45, 2.75) is 25.4 Å². The largest absolute Gasteiger partial charge is 0.494 e. The second-order valence-corrected chi connectivity index (χ2v) is 8.60. The van der Waals surface area contributed by atoms with Gasteiger partial charge in [0.2, 0.25) is 0 Å². The lowest BCUT2D eigenvalue weighted by molar-refractivity contribution is -0.118. The van der Waals surface area contributed by atoms with Gasteiger partial charge in [-0.15, -0.1) is 0 Å². The van der Waals surface area contributed by atoms with Crippen LogP contribution in [0.1, 0.15) is 25.0 Å². The van der Waals surface area contributed by atoms with Gasteiger partial charge in [0.15, 0.2) is 5.16 Å². The Morgan fingerprint density at radius 2 is 1.80 bits per heavy atom. The summed E-state index contributed by atoms with van der Waals surface area (Å²) in [5, 5.41) is 4.98. The average Bonchev–Trinajstić information content (AvgIpc) is 2.89. The summed E-state index contributed by atoms with van der Waals surface area (Å²) in [6.07, 6.45) is 2.57. The molecular formula is C27H26N4O3S. The molecule has 0 bridgehead atoms. The average molecular weight is 487 g/mol. The van der Waals surface area contributed by atoms with E-state index in [4.69, 9.17) is 4.74 Å². The molecule has 0 aliphatic heterocycles. The molecule has 4 rings (SSSR count). The molecule has 0 spiro atoms. The number of hydrogen-bond acceptors (Lipinski definition) is 6. The minimum absolute atomic E-state index is 0.0495. The quantitative estimate of drug-likeness (QED) is 0.162. The Balaban J connectivity index is 1.53. The van der Waals surface area contributed by atoms with E-state index in [9.17, 15) is 9.59 Å². The monoisotopic (exact) mass is 486 g/mol. The van der Waals surface area contributed by atoms with Crippen LogP contribution in [-0.4, -0.2) is 34.0 Å². The van der Waals surface area contributed by atoms with Gasteiger partial charge >= 0.3 is 0 Å². The molecule has 4 aromatic rings. The maximum atomic E-state index is 13.3. The first-order valence-electron chi connectivity index (χ1n) is 11.4. The maximum absolute atomic E-state index is 13.3. The molecule has 7 nitrogen and oxygen atoms in total. The van der Waals surface area contributed by atoms with E-state index in [0.29, 0.717) is 34.1 Å². The molecular weight excluding hydrogens is 460 g/mol. The number of fused-ring (bicyclic) bond motifs is 1. The second-order valence-electron chi connectivity index (χ2n) is 7.66. The highest BCUT2D eigenvalue weighted by atomic mass is 32.2. The molecule has 178 valence electrons. The normalized spacial score (nSPS) is 11.1. The second kappa shape index (κ2) is 11.5. The van der Waals surface area contributed by atoms with Crippen molar-refractivity contribution in [3.8, 4) is 11.4 Å². The smallest absolute Gasteiger partial charge is 0.266 e. The lowest BCUT2D eigenvalue weighted by Crippen LogP contribution is -2.24. The summed E-state index contributed by atoms with van der Waals surface area (Å²) in [5.74, 6) is 0.472. The van der Waals surface area contributed by atoms with Gasteiger partial charge in [-0.3, -0.25) is 14.2 Å². The van der Waals surface area contributed by atoms with Gasteiger partial charge < -0.3 is 4.74 Å². The number of carbonyl (C=O) groups is 1. The first-order chi connectivity index (χ1) is 17.1. The zero-order valence-electron chi connectivity index (χ0n) is 19.6. The van der Waals surface area contributed by atoms with E-state index in [2.05, 4.69) is 22.4 Å². The van der Waals surface area contributed by atoms with Crippen LogP contribution >= 0.6 is 11.8 Å². The van der Waals surface area contributed by atoms with Gasteiger partial charge in [0, 0.05) is 0 Å². The Kier molecular flexibility index (Phi) is 7.95. The van der Waals surface area contributed by atoms with Crippen LogP contribution in [0.2, 0.25) is 0 Å². The fourth-order valence-electron chi connectivity index (χ4n) is 3.48. The minimum Gasteiger partial charge on any atom is -0.494 e. The van der Waals surface area contributed by atoms with Gasteiger partial charge in [-0.25, -0.2) is 10.4 Å². The molecule has 3 aromatic carbocycles. The number of nitrogens with zero attached hydrogens (tertiary/aromatic N) is 3. The molecule has 8 heteroatoms. The number of thioether (sulfide) groups is 1. The Bertz CT molecular complexity index is 1400. The van der Waals surface area contributed by atoms with E-state index < -0.39 is 0 Å². The summed E-state index contributed by atoms with van der Waals surface area (Å²) in [7, 11) is 0. The Hall–Kier alpha value is -3.91. The summed E-state index contributed by atoms with van der Waals surface area (Å²) in [6.45, 7) is 4.57. The van der Waals surface area contributed by atoms with Crippen LogP contribution < -0.4 is 15.7 Å². The molecule has 35 heavy (non-hydrogen) atoms. The van der Waals surface area contributed by atoms with Crippen molar-refractivity contribution in [2.24, 2.45) is 5.10 Å². The molecule has 0 unspecified atom stereocenters. The first kappa shape index (κ1) is 24.2. The SMILES string of the molecule is CCOc1ccc(-n2c(SCC(=O)NN=Cc3ccc(CC)cc3)nc3ccccc3c2=O)cc1. The number of carbonyl (C=O) groups excluding carboxylic acids is 1. The number of benzene rings is 3. The van der Waals surface area contributed by atoms with Crippen molar-refractivity contribution < 1.29 is 9.53 Å². The number of nitrogens with one attached hydrogen (secondary N) is 1. The number of ether oxygens (including phenoxy) is 1. The third-order valence-electron chi connectivity index (χ3n) is 5.27. The summed E-state index contributed by atoms with van der Waals surface area (Å²) in [6, 6.07) is 22.4. The van der Waals surface area contributed by atoms with Crippen LogP contribution in [0.4, 0.5) is 0 Å². The van der Waals surface area contributed by atoms with Crippen molar-refractivity contribution in [3.05, 3.63) is 94.3 Å². The Labute approximate surface area is 207 Å². The molecule has 0 aliphatic rings. The van der Waals surface area contributed by atoms with Gasteiger partial charge in [0.05, 0.1) is 35.2 Å². The standard InChI is InChI=1S/C27H26N4O3S/c1-3-19-9-11-20(12-10-19)17-28-30-25(32)18-35-27-29-24-8-6-5-7-23(24)26(33)31(27)21-13-15-22(16-14-21)34-4-2/h5-17H,3-4,18H2,1-2H3,(H,30,32). The fraction of sp³-hybridized carbons (Fsp3) is 0.185. The van der Waals surface area contributed by atoms with E-state index in [1.807, 2.05) is 55.5 Å². The van der Waals surface area contributed by atoms with Crippen LogP contribution in [0.3, 0.4) is 0 Å². The summed E-state index contributed by atoms with van der Waals surface area (Å²) in [4.78, 5) is 30.4. The number of para-hydroxylation sites is 1. The number of amides is 1. The van der Waals surface area contributed by atoms with Crippen LogP contribution in [0.25, 0.3) is 16.6 Å². The van der Waals surface area contributed by atoms with E-state index >= 15 is 0 Å². The topological polar surface area (TPSA) is 85.6 Å². The zero-order valence-corrected chi connectivity index (χ0v) is 20.4. The highest BCUT2D eigenvalue weighted by Gasteiger charge is 2.15. The molecule has 1 amide bonds. The highest BCUT2D eigenvalue weighted by Crippen LogP contribution is 2.23. The summed E-state index contributed by atoms with van der Waals surface area (Å²) < 4.78 is 7.04. The third kappa shape index (κ3) is 5.96. The van der Waals surface area contributed by atoms with Crippen LogP contribution in [0, 0.1) is 0 Å². The van der Waals surface area contributed by atoms with Crippen molar-refractivity contribution >= 4 is 34.8 Å². The van der Waals surface area contributed by atoms with E-state index in [0.717, 1.165) is 12.0 Å². The number of aryl methyl sites for hydroxylation is 1. The fourth-order valence-corrected chi connectivity index (χ4v) is 4.28. The maximum Gasteiger partial charge on any atom is 0.266 e. The number of aromatic nitrogens is 2. The summed E-state index contributed by atoms with van der Waals surface area (Å²) in [5.41, 5.74) is 5.71. The number of hydrazone groups is 1. The minimum atomic E-state index is -0.294. The molecule has 0 saturated carbocycles. The lowest BCUT2D eigenvalue weighted by atomic mass is 10.1. The van der Waals surface area contributed by atoms with Crippen LogP contribution in [0.15, 0.2) is 87.8 Å². The van der Waals surface area contributed by atoms with E-state index in [1.54, 1.807) is 30.5 Å². The predicted molar refractivity (Wildman–Crippen MR) is 141 cm³/mol. The highest BCUT2D eigenvalue weighted by molar-refractivity contribution is 7.99. The molecule has 1 heterocycles. The number of hydrogen-bond donors (Lipinski definition) is 1. The van der Waals surface area contributed by atoms with Crippen LogP contribution in [-0.2, 0) is 11.2 Å². The zero-order chi connectivity index (χ0) is 24.6. The third-order valence-corrected chi connectivity index (χ3v) is 6.21. The van der Waals surface area contributed by atoms with E-state index in [-0.39, 0.29) is 17.2 Å². The lowest BCUT2D eigenvalue weighted by Gasteiger charge is -2.13. The Morgan fingerprint density at radius 3 is 2.51 bits per heavy atom. The van der Waals surface area contributed by atoms with Gasteiger partial charge in [0.1, 0.15) is 5.75 Å². The molecule has 0 fully saturated rings. The van der Waals surface area contributed by atoms with Crippen molar-refractivity contribution in [1.82, 2.24) is 15.0 Å².